The van der Waals surface area contributed by atoms with Crippen LogP contribution in [0.4, 0.5) is 13.2 Å². The number of alkyl halides is 3. The molecule has 0 aromatic carbocycles. The summed E-state index contributed by atoms with van der Waals surface area (Å²) in [7, 11) is 0. The highest BCUT2D eigenvalue weighted by molar-refractivity contribution is 5.96. The third-order valence-corrected chi connectivity index (χ3v) is 13.4. The minimum absolute atomic E-state index is 0.0202. The summed E-state index contributed by atoms with van der Waals surface area (Å²) in [6, 6.07) is 0. The Morgan fingerprint density at radius 3 is 2.22 bits per heavy atom. The fourth-order valence-corrected chi connectivity index (χ4v) is 11.0. The third-order valence-electron chi connectivity index (χ3n) is 13.4. The molecule has 4 saturated carbocycles. The summed E-state index contributed by atoms with van der Waals surface area (Å²) in [6.07, 6.45) is 5.23. The van der Waals surface area contributed by atoms with Crippen LogP contribution in [-0.2, 0) is 14.4 Å². The van der Waals surface area contributed by atoms with Crippen molar-refractivity contribution in [2.45, 2.75) is 106 Å². The predicted octanol–water partition coefficient (Wildman–Crippen LogP) is 7.26. The molecule has 5 nitrogen and oxygen atoms in total. The van der Waals surface area contributed by atoms with Crippen molar-refractivity contribution in [3.05, 3.63) is 12.2 Å². The van der Waals surface area contributed by atoms with Crippen molar-refractivity contribution in [2.75, 3.05) is 6.54 Å². The van der Waals surface area contributed by atoms with Gasteiger partial charge in [0.05, 0.1) is 5.41 Å². The lowest BCUT2D eigenvalue weighted by molar-refractivity contribution is -0.224. The van der Waals surface area contributed by atoms with Gasteiger partial charge in [-0.15, -0.1) is 0 Å². The maximum atomic E-state index is 14.5. The zero-order valence-corrected chi connectivity index (χ0v) is 25.6. The average Bonchev–Trinajstić information content (AvgIpc) is 2.85. The van der Waals surface area contributed by atoms with E-state index >= 15 is 0 Å². The van der Waals surface area contributed by atoms with Crippen molar-refractivity contribution in [1.29, 1.82) is 5.26 Å². The summed E-state index contributed by atoms with van der Waals surface area (Å²) in [5.41, 5.74) is -2.90. The van der Waals surface area contributed by atoms with E-state index in [0.717, 1.165) is 12.8 Å². The predicted molar refractivity (Wildman–Crippen MR) is 148 cm³/mol. The Kier molecular flexibility index (Phi) is 6.59. The van der Waals surface area contributed by atoms with E-state index in [1.54, 1.807) is 12.3 Å². The van der Waals surface area contributed by atoms with Gasteiger partial charge in [-0.2, -0.15) is 18.4 Å². The van der Waals surface area contributed by atoms with Gasteiger partial charge < -0.3 is 0 Å². The first kappa shape index (κ1) is 30.3. The van der Waals surface area contributed by atoms with Gasteiger partial charge in [0.2, 0.25) is 5.91 Å². The Bertz CT molecular complexity index is 1250. The number of halogens is 3. The molecule has 0 radical (unpaired) electrons. The maximum Gasteiger partial charge on any atom is 0.407 e. The van der Waals surface area contributed by atoms with Crippen LogP contribution in [0.5, 0.6) is 0 Å². The molecule has 0 aromatic rings. The molecule has 1 amide bonds. The van der Waals surface area contributed by atoms with Gasteiger partial charge in [0.25, 0.3) is 0 Å². The van der Waals surface area contributed by atoms with Gasteiger partial charge >= 0.3 is 6.18 Å². The Labute approximate surface area is 242 Å². The van der Waals surface area contributed by atoms with Gasteiger partial charge in [-0.1, -0.05) is 54.5 Å². The maximum absolute atomic E-state index is 14.5. The van der Waals surface area contributed by atoms with Crippen LogP contribution >= 0.6 is 0 Å². The highest BCUT2D eigenvalue weighted by Crippen LogP contribution is 2.75. The van der Waals surface area contributed by atoms with E-state index < -0.39 is 46.7 Å². The van der Waals surface area contributed by atoms with Crippen LogP contribution in [-0.4, -0.2) is 35.1 Å². The van der Waals surface area contributed by atoms with Gasteiger partial charge in [0, 0.05) is 17.8 Å². The molecular formula is C33H45F3N2O3. The summed E-state index contributed by atoms with van der Waals surface area (Å²) < 4.78 is 40.3. The molecule has 8 heteroatoms. The number of carbonyl (C=O) groups excluding carboxylic acids is 3. The molecule has 5 rings (SSSR count). The number of nitriles is 1. The Hall–Kier alpha value is -2.17. The van der Waals surface area contributed by atoms with E-state index in [-0.39, 0.29) is 39.6 Å². The summed E-state index contributed by atoms with van der Waals surface area (Å²) in [5.74, 6) is -1.28. The average molecular weight is 575 g/mol. The zero-order valence-electron chi connectivity index (χ0n) is 25.6. The standard InChI is InChI=1S/C33H45F3N2O3/c1-27(2)12-14-32(26(41)38(19-37)18-33(34,35)36)15-13-31(7)25(20(32)17-27)21(39)16-23-29(5)10-9-24(40)28(3,4)22(29)8-11-30(23,31)6/h9-10,20,22-23,25H,8,11-18H2,1-7H3. The van der Waals surface area contributed by atoms with Gasteiger partial charge in [-0.3, -0.25) is 14.4 Å². The van der Waals surface area contributed by atoms with E-state index in [2.05, 4.69) is 40.7 Å². The van der Waals surface area contributed by atoms with Crippen LogP contribution in [0, 0.1) is 67.6 Å². The van der Waals surface area contributed by atoms with Crippen LogP contribution in [0.25, 0.3) is 0 Å². The fourth-order valence-electron chi connectivity index (χ4n) is 11.0. The minimum atomic E-state index is -4.69. The highest BCUT2D eigenvalue weighted by Gasteiger charge is 2.73. The number of hydrogen-bond acceptors (Lipinski definition) is 4. The van der Waals surface area contributed by atoms with Crippen molar-refractivity contribution in [2.24, 2.45) is 56.2 Å². The van der Waals surface area contributed by atoms with Crippen molar-refractivity contribution in [3.63, 3.8) is 0 Å². The van der Waals surface area contributed by atoms with Crippen molar-refractivity contribution < 1.29 is 27.6 Å². The topological polar surface area (TPSA) is 78.2 Å². The molecule has 0 spiro atoms. The van der Waals surface area contributed by atoms with Crippen LogP contribution < -0.4 is 0 Å². The Morgan fingerprint density at radius 1 is 0.976 bits per heavy atom. The lowest BCUT2D eigenvalue weighted by Gasteiger charge is -2.71. The molecule has 8 atom stereocenters. The number of allylic oxidation sites excluding steroid dienone is 2. The number of ketones is 2. The lowest BCUT2D eigenvalue weighted by Crippen LogP contribution is -2.69. The minimum Gasteiger partial charge on any atom is -0.299 e. The van der Waals surface area contributed by atoms with Crippen molar-refractivity contribution in [1.82, 2.24) is 4.90 Å². The zero-order chi connectivity index (χ0) is 30.6. The largest absolute Gasteiger partial charge is 0.407 e. The van der Waals surface area contributed by atoms with Crippen molar-refractivity contribution in [3.8, 4) is 6.19 Å². The number of fused-ring (bicyclic) bond motifs is 7. The molecule has 0 saturated heterocycles. The Morgan fingerprint density at radius 2 is 1.61 bits per heavy atom. The van der Waals surface area contributed by atoms with E-state index in [1.807, 2.05) is 13.8 Å². The highest BCUT2D eigenvalue weighted by atomic mass is 19.4. The van der Waals surface area contributed by atoms with Gasteiger partial charge in [0.1, 0.15) is 12.3 Å². The number of Topliss-reactive ketones (excluding diaryl/α,β-unsaturated/α-hetero) is 1. The summed E-state index contributed by atoms with van der Waals surface area (Å²) in [4.78, 5) is 41.7. The van der Waals surface area contributed by atoms with E-state index in [4.69, 9.17) is 0 Å². The smallest absolute Gasteiger partial charge is 0.299 e. The number of rotatable bonds is 2. The normalized spacial score (nSPS) is 44.5. The second kappa shape index (κ2) is 8.92. The van der Waals surface area contributed by atoms with E-state index in [0.29, 0.717) is 43.4 Å². The van der Waals surface area contributed by atoms with Gasteiger partial charge in [0.15, 0.2) is 12.0 Å². The molecule has 41 heavy (non-hydrogen) atoms. The first-order valence-electron chi connectivity index (χ1n) is 15.2. The van der Waals surface area contributed by atoms with Crippen LogP contribution in [0.15, 0.2) is 12.2 Å². The van der Waals surface area contributed by atoms with Crippen molar-refractivity contribution >= 4 is 17.5 Å². The first-order chi connectivity index (χ1) is 18.7. The quantitative estimate of drug-likeness (QED) is 0.257. The molecule has 0 bridgehead atoms. The van der Waals surface area contributed by atoms with Crippen LogP contribution in [0.2, 0.25) is 0 Å². The molecule has 5 aliphatic carbocycles. The second-order valence-electron chi connectivity index (χ2n) is 16.1. The number of hydrogen-bond donors (Lipinski definition) is 0. The van der Waals surface area contributed by atoms with E-state index in [1.165, 1.54) is 0 Å². The molecule has 0 aromatic heterocycles. The first-order valence-corrected chi connectivity index (χ1v) is 15.2. The SMILES string of the molecule is CC1(C)CCC2(C(=O)N(C#N)CC(F)(F)F)CCC3(C)C(C(=O)CC4C5(C)C=CC(=O)C(C)(C)C5CCC43C)C2C1. The monoisotopic (exact) mass is 574 g/mol. The molecule has 0 aliphatic heterocycles. The number of amides is 1. The summed E-state index contributed by atoms with van der Waals surface area (Å²) >= 11 is 0. The molecular weight excluding hydrogens is 529 g/mol. The molecule has 8 unspecified atom stereocenters. The number of carbonyl (C=O) groups is 3. The van der Waals surface area contributed by atoms with E-state index in [9.17, 15) is 32.8 Å². The molecule has 226 valence electrons. The molecule has 0 heterocycles. The Balaban J connectivity index is 1.60. The van der Waals surface area contributed by atoms with Gasteiger partial charge in [-0.25, -0.2) is 4.90 Å². The molecule has 0 N–H and O–H groups in total. The molecule has 4 fully saturated rings. The number of nitrogens with zero attached hydrogens (tertiary/aromatic N) is 2. The van der Waals surface area contributed by atoms with Gasteiger partial charge in [-0.05, 0) is 90.4 Å². The van der Waals surface area contributed by atoms with Crippen LogP contribution in [0.3, 0.4) is 0 Å². The summed E-state index contributed by atoms with van der Waals surface area (Å²) in [5, 5.41) is 9.67. The second-order valence-corrected chi connectivity index (χ2v) is 16.1. The lowest BCUT2D eigenvalue weighted by atomic mass is 9.31. The third kappa shape index (κ3) is 4.10. The summed E-state index contributed by atoms with van der Waals surface area (Å²) in [6.45, 7) is 13.4. The van der Waals surface area contributed by atoms with Crippen LogP contribution in [0.1, 0.15) is 99.8 Å². The molecule has 5 aliphatic rings. The fraction of sp³-hybridized carbons (Fsp3) is 0.818.